The van der Waals surface area contributed by atoms with Gasteiger partial charge in [0.05, 0.1) is 4.20 Å². The standard InChI is InChI=1S/C10H11FS2/c1-3-10(12)13-9-5-4-8(11)6-7(9)2/h4-6H,3H2,1-2H3. The van der Waals surface area contributed by atoms with Gasteiger partial charge in [-0.3, -0.25) is 0 Å². The van der Waals surface area contributed by atoms with Crippen molar-refractivity contribution in [1.29, 1.82) is 0 Å². The minimum atomic E-state index is -0.190. The fourth-order valence-corrected chi connectivity index (χ4v) is 1.94. The van der Waals surface area contributed by atoms with Crippen molar-refractivity contribution in [3.63, 3.8) is 0 Å². The summed E-state index contributed by atoms with van der Waals surface area (Å²) in [7, 11) is 0. The summed E-state index contributed by atoms with van der Waals surface area (Å²) in [5, 5.41) is 0. The lowest BCUT2D eigenvalue weighted by Crippen LogP contribution is -1.87. The first-order chi connectivity index (χ1) is 6.13. The Labute approximate surface area is 87.5 Å². The zero-order valence-electron chi connectivity index (χ0n) is 7.63. The van der Waals surface area contributed by atoms with E-state index in [2.05, 4.69) is 0 Å². The van der Waals surface area contributed by atoms with Gasteiger partial charge in [-0.15, -0.1) is 0 Å². The number of benzene rings is 1. The molecular weight excluding hydrogens is 203 g/mol. The summed E-state index contributed by atoms with van der Waals surface area (Å²) in [6.45, 7) is 3.91. The Balaban J connectivity index is 2.83. The molecular formula is C10H11FS2. The van der Waals surface area contributed by atoms with E-state index in [4.69, 9.17) is 12.2 Å². The Morgan fingerprint density at radius 2 is 2.23 bits per heavy atom. The highest BCUT2D eigenvalue weighted by molar-refractivity contribution is 8.23. The third-order valence-corrected chi connectivity index (χ3v) is 3.38. The molecule has 0 aliphatic carbocycles. The van der Waals surface area contributed by atoms with Crippen LogP contribution in [-0.2, 0) is 0 Å². The average Bonchev–Trinajstić information content (AvgIpc) is 2.09. The van der Waals surface area contributed by atoms with Crippen LogP contribution in [0.2, 0.25) is 0 Å². The third-order valence-electron chi connectivity index (χ3n) is 1.65. The summed E-state index contributed by atoms with van der Waals surface area (Å²) in [6, 6.07) is 4.77. The number of thiocarbonyl (C=S) groups is 1. The van der Waals surface area contributed by atoms with Gasteiger partial charge in [0.15, 0.2) is 0 Å². The molecule has 0 unspecified atom stereocenters. The maximum atomic E-state index is 12.7. The van der Waals surface area contributed by atoms with Crippen molar-refractivity contribution in [3.8, 4) is 0 Å². The van der Waals surface area contributed by atoms with Crippen LogP contribution < -0.4 is 0 Å². The van der Waals surface area contributed by atoms with Crippen LogP contribution in [0.25, 0.3) is 0 Å². The van der Waals surface area contributed by atoms with E-state index < -0.39 is 0 Å². The van der Waals surface area contributed by atoms with E-state index in [0.717, 1.165) is 21.1 Å². The zero-order valence-corrected chi connectivity index (χ0v) is 9.27. The molecule has 0 saturated carbocycles. The summed E-state index contributed by atoms with van der Waals surface area (Å²) < 4.78 is 13.7. The Morgan fingerprint density at radius 3 is 2.77 bits per heavy atom. The van der Waals surface area contributed by atoms with Gasteiger partial charge in [-0.05, 0) is 37.1 Å². The van der Waals surface area contributed by atoms with Crippen molar-refractivity contribution in [1.82, 2.24) is 0 Å². The summed E-state index contributed by atoms with van der Waals surface area (Å²) >= 11 is 6.64. The lowest BCUT2D eigenvalue weighted by Gasteiger charge is -2.04. The highest BCUT2D eigenvalue weighted by atomic mass is 32.2. The van der Waals surface area contributed by atoms with E-state index in [-0.39, 0.29) is 5.82 Å². The number of aryl methyl sites for hydroxylation is 1. The molecule has 0 heterocycles. The van der Waals surface area contributed by atoms with Crippen molar-refractivity contribution < 1.29 is 4.39 Å². The number of halogens is 1. The first kappa shape index (κ1) is 10.7. The predicted octanol–water partition coefficient (Wildman–Crippen LogP) is 3.96. The lowest BCUT2D eigenvalue weighted by atomic mass is 10.2. The van der Waals surface area contributed by atoms with Crippen LogP contribution >= 0.6 is 24.0 Å². The fourth-order valence-electron chi connectivity index (χ4n) is 0.922. The van der Waals surface area contributed by atoms with Gasteiger partial charge in [0.2, 0.25) is 0 Å². The minimum absolute atomic E-state index is 0.190. The summed E-state index contributed by atoms with van der Waals surface area (Å²) in [6.07, 6.45) is 0.872. The van der Waals surface area contributed by atoms with Gasteiger partial charge < -0.3 is 0 Å². The Morgan fingerprint density at radius 1 is 1.54 bits per heavy atom. The van der Waals surface area contributed by atoms with Crippen molar-refractivity contribution in [2.75, 3.05) is 0 Å². The Hall–Kier alpha value is -0.410. The summed E-state index contributed by atoms with van der Waals surface area (Å²) in [5.74, 6) is -0.190. The maximum absolute atomic E-state index is 12.7. The van der Waals surface area contributed by atoms with Crippen molar-refractivity contribution >= 4 is 28.2 Å². The van der Waals surface area contributed by atoms with Crippen LogP contribution in [0.1, 0.15) is 18.9 Å². The quantitative estimate of drug-likeness (QED) is 0.540. The molecule has 0 nitrogen and oxygen atoms in total. The van der Waals surface area contributed by atoms with E-state index in [1.165, 1.54) is 12.1 Å². The summed E-state index contributed by atoms with van der Waals surface area (Å²) in [4.78, 5) is 1.05. The zero-order chi connectivity index (χ0) is 9.84. The van der Waals surface area contributed by atoms with Crippen LogP contribution in [0.5, 0.6) is 0 Å². The van der Waals surface area contributed by atoms with Gasteiger partial charge in [0.1, 0.15) is 5.82 Å². The molecule has 1 aromatic rings. The van der Waals surface area contributed by atoms with Gasteiger partial charge in [-0.25, -0.2) is 4.39 Å². The van der Waals surface area contributed by atoms with Crippen LogP contribution in [-0.4, -0.2) is 4.20 Å². The summed E-state index contributed by atoms with van der Waals surface area (Å²) in [5.41, 5.74) is 0.945. The molecule has 0 atom stereocenters. The predicted molar refractivity (Wildman–Crippen MR) is 59.9 cm³/mol. The molecule has 13 heavy (non-hydrogen) atoms. The maximum Gasteiger partial charge on any atom is 0.123 e. The number of hydrogen-bond donors (Lipinski definition) is 0. The van der Waals surface area contributed by atoms with E-state index >= 15 is 0 Å². The second kappa shape index (κ2) is 4.72. The largest absolute Gasteiger partial charge is 0.207 e. The SMILES string of the molecule is CCC(=S)Sc1ccc(F)cc1C. The molecule has 0 aliphatic rings. The van der Waals surface area contributed by atoms with Crippen LogP contribution in [0, 0.1) is 12.7 Å². The van der Waals surface area contributed by atoms with Gasteiger partial charge >= 0.3 is 0 Å². The van der Waals surface area contributed by atoms with E-state index in [1.54, 1.807) is 17.8 Å². The molecule has 0 N–H and O–H groups in total. The topological polar surface area (TPSA) is 0 Å². The molecule has 0 spiro atoms. The first-order valence-electron chi connectivity index (χ1n) is 4.10. The van der Waals surface area contributed by atoms with Gasteiger partial charge in [-0.2, -0.15) is 0 Å². The first-order valence-corrected chi connectivity index (χ1v) is 5.32. The van der Waals surface area contributed by atoms with E-state index in [0.29, 0.717) is 0 Å². The average molecular weight is 214 g/mol. The fraction of sp³-hybridized carbons (Fsp3) is 0.300. The Bertz CT molecular complexity index is 321. The highest BCUT2D eigenvalue weighted by Gasteiger charge is 2.02. The number of hydrogen-bond acceptors (Lipinski definition) is 2. The molecule has 0 amide bonds. The molecule has 0 saturated heterocycles. The second-order valence-electron chi connectivity index (χ2n) is 2.74. The van der Waals surface area contributed by atoms with Gasteiger partial charge in [0, 0.05) is 4.90 Å². The van der Waals surface area contributed by atoms with Gasteiger partial charge in [0.25, 0.3) is 0 Å². The second-order valence-corrected chi connectivity index (χ2v) is 4.63. The van der Waals surface area contributed by atoms with Crippen molar-refractivity contribution in [2.45, 2.75) is 25.2 Å². The lowest BCUT2D eigenvalue weighted by molar-refractivity contribution is 0.625. The van der Waals surface area contributed by atoms with E-state index in [9.17, 15) is 4.39 Å². The number of rotatable bonds is 2. The molecule has 0 aromatic heterocycles. The molecule has 3 heteroatoms. The smallest absolute Gasteiger partial charge is 0.123 e. The molecule has 0 radical (unpaired) electrons. The monoisotopic (exact) mass is 214 g/mol. The van der Waals surface area contributed by atoms with Gasteiger partial charge in [-0.1, -0.05) is 30.9 Å². The molecule has 0 aliphatic heterocycles. The molecule has 0 bridgehead atoms. The molecule has 0 fully saturated rings. The third kappa shape index (κ3) is 3.08. The molecule has 1 aromatic carbocycles. The molecule has 1 rings (SSSR count). The Kier molecular flexibility index (Phi) is 3.88. The van der Waals surface area contributed by atoms with Crippen molar-refractivity contribution in [2.24, 2.45) is 0 Å². The van der Waals surface area contributed by atoms with E-state index in [1.807, 2.05) is 13.8 Å². The minimum Gasteiger partial charge on any atom is -0.207 e. The van der Waals surface area contributed by atoms with Crippen LogP contribution in [0.3, 0.4) is 0 Å². The van der Waals surface area contributed by atoms with Crippen LogP contribution in [0.15, 0.2) is 23.1 Å². The van der Waals surface area contributed by atoms with Crippen LogP contribution in [0.4, 0.5) is 4.39 Å². The normalized spacial score (nSPS) is 10.1. The van der Waals surface area contributed by atoms with Crippen molar-refractivity contribution in [3.05, 3.63) is 29.6 Å². The molecule has 70 valence electrons. The highest BCUT2D eigenvalue weighted by Crippen LogP contribution is 2.25. The number of thioether (sulfide) groups is 1.